The van der Waals surface area contributed by atoms with Gasteiger partial charge in [-0.3, -0.25) is 0 Å². The average Bonchev–Trinajstić information content (AvgIpc) is 2.55. The van der Waals surface area contributed by atoms with E-state index < -0.39 is 5.97 Å². The van der Waals surface area contributed by atoms with Crippen molar-refractivity contribution in [2.24, 2.45) is 0 Å². The van der Waals surface area contributed by atoms with Crippen molar-refractivity contribution >= 4 is 62.1 Å². The number of aromatic amines is 1. The van der Waals surface area contributed by atoms with Gasteiger partial charge in [-0.1, -0.05) is 0 Å². The first-order chi connectivity index (χ1) is 6.61. The molecule has 0 saturated carbocycles. The van der Waals surface area contributed by atoms with Crippen LogP contribution in [0.1, 0.15) is 10.4 Å². The molecule has 3 nitrogen and oxygen atoms in total. The van der Waals surface area contributed by atoms with Crippen molar-refractivity contribution in [2.45, 2.75) is 0 Å². The van der Waals surface area contributed by atoms with Crippen LogP contribution in [0.15, 0.2) is 18.3 Å². The molecule has 2 aromatic rings. The predicted octanol–water partition coefficient (Wildman–Crippen LogP) is 3.08. The molecule has 0 fully saturated rings. The highest BCUT2D eigenvalue weighted by molar-refractivity contribution is 14.1. The predicted molar refractivity (Wildman–Crippen MR) is 70.7 cm³/mol. The van der Waals surface area contributed by atoms with Crippen molar-refractivity contribution < 1.29 is 9.90 Å². The molecule has 72 valence electrons. The number of aromatic carboxylic acids is 1. The largest absolute Gasteiger partial charge is 0.478 e. The molecule has 0 unspecified atom stereocenters. The first-order valence-corrected chi connectivity index (χ1v) is 5.95. The number of carbonyl (C=O) groups is 1. The van der Waals surface area contributed by atoms with Gasteiger partial charge in [0.2, 0.25) is 0 Å². The molecule has 0 radical (unpaired) electrons. The van der Waals surface area contributed by atoms with Crippen molar-refractivity contribution in [1.29, 1.82) is 0 Å². The lowest BCUT2D eigenvalue weighted by Crippen LogP contribution is -1.95. The van der Waals surface area contributed by atoms with Gasteiger partial charge in [0, 0.05) is 24.2 Å². The molecule has 5 heteroatoms. The maximum Gasteiger partial charge on any atom is 0.337 e. The maximum absolute atomic E-state index is 10.9. The molecular weight excluding hydrogens is 408 g/mol. The Morgan fingerprint density at radius 2 is 2.07 bits per heavy atom. The third kappa shape index (κ3) is 1.52. The Labute approximate surface area is 107 Å². The molecule has 0 aliphatic rings. The van der Waals surface area contributed by atoms with Crippen molar-refractivity contribution in [3.8, 4) is 0 Å². The van der Waals surface area contributed by atoms with E-state index in [1.165, 1.54) is 6.20 Å². The number of aromatic nitrogens is 1. The Morgan fingerprint density at radius 3 is 2.71 bits per heavy atom. The number of fused-ring (bicyclic) bond motifs is 1. The van der Waals surface area contributed by atoms with E-state index in [9.17, 15) is 4.79 Å². The van der Waals surface area contributed by atoms with Crippen LogP contribution >= 0.6 is 45.2 Å². The molecule has 2 rings (SSSR count). The normalized spacial score (nSPS) is 10.7. The first-order valence-electron chi connectivity index (χ1n) is 3.79. The Balaban J connectivity index is 2.89. The fourth-order valence-corrected chi connectivity index (χ4v) is 2.54. The van der Waals surface area contributed by atoms with Gasteiger partial charge in [-0.15, -0.1) is 0 Å². The molecule has 0 aliphatic heterocycles. The summed E-state index contributed by atoms with van der Waals surface area (Å²) in [6.07, 6.45) is 1.53. The van der Waals surface area contributed by atoms with E-state index in [0.29, 0.717) is 5.56 Å². The minimum absolute atomic E-state index is 0.336. The van der Waals surface area contributed by atoms with Crippen molar-refractivity contribution in [2.75, 3.05) is 0 Å². The monoisotopic (exact) mass is 413 g/mol. The van der Waals surface area contributed by atoms with Crippen molar-refractivity contribution in [3.05, 3.63) is 31.0 Å². The summed E-state index contributed by atoms with van der Waals surface area (Å²) < 4.78 is 2.05. The minimum Gasteiger partial charge on any atom is -0.478 e. The summed E-state index contributed by atoms with van der Waals surface area (Å²) >= 11 is 4.36. The highest BCUT2D eigenvalue weighted by Gasteiger charge is 2.14. The number of nitrogens with one attached hydrogen (secondary N) is 1. The summed E-state index contributed by atoms with van der Waals surface area (Å²) in [7, 11) is 0. The Morgan fingerprint density at radius 1 is 1.36 bits per heavy atom. The Bertz CT molecular complexity index is 519. The van der Waals surface area contributed by atoms with E-state index in [2.05, 4.69) is 50.2 Å². The summed E-state index contributed by atoms with van der Waals surface area (Å²) in [4.78, 5) is 13.9. The molecule has 1 aromatic carbocycles. The standard InChI is InChI=1S/C9H5I2NO2/c10-5-1-2-6-7(8(5)11)4(3-12-6)9(13)14/h1-3,12H,(H,13,14). The zero-order valence-corrected chi connectivity index (χ0v) is 11.2. The van der Waals surface area contributed by atoms with Gasteiger partial charge >= 0.3 is 5.97 Å². The fourth-order valence-electron chi connectivity index (χ4n) is 1.33. The smallest absolute Gasteiger partial charge is 0.337 e. The fraction of sp³-hybridized carbons (Fsp3) is 0. The third-order valence-electron chi connectivity index (χ3n) is 1.97. The molecule has 0 spiro atoms. The topological polar surface area (TPSA) is 53.1 Å². The zero-order valence-electron chi connectivity index (χ0n) is 6.84. The number of carboxylic acid groups (broad SMARTS) is 1. The highest BCUT2D eigenvalue weighted by atomic mass is 127. The summed E-state index contributed by atoms with van der Waals surface area (Å²) in [6.45, 7) is 0. The molecular formula is C9H5I2NO2. The maximum atomic E-state index is 10.9. The average molecular weight is 413 g/mol. The van der Waals surface area contributed by atoms with Crippen LogP contribution in [0.2, 0.25) is 0 Å². The van der Waals surface area contributed by atoms with Gasteiger partial charge in [0.25, 0.3) is 0 Å². The van der Waals surface area contributed by atoms with Gasteiger partial charge in [-0.2, -0.15) is 0 Å². The van der Waals surface area contributed by atoms with Crippen LogP contribution in [-0.2, 0) is 0 Å². The lowest BCUT2D eigenvalue weighted by molar-refractivity contribution is 0.0699. The second-order valence-corrected chi connectivity index (χ2v) is 5.03. The number of hydrogen-bond acceptors (Lipinski definition) is 1. The number of halogens is 2. The number of benzene rings is 1. The quantitative estimate of drug-likeness (QED) is 0.707. The lowest BCUT2D eigenvalue weighted by Gasteiger charge is -1.99. The zero-order chi connectivity index (χ0) is 10.3. The number of rotatable bonds is 1. The van der Waals surface area contributed by atoms with Crippen LogP contribution < -0.4 is 0 Å². The molecule has 0 atom stereocenters. The molecule has 1 heterocycles. The van der Waals surface area contributed by atoms with Crippen LogP contribution in [0.3, 0.4) is 0 Å². The van der Waals surface area contributed by atoms with Gasteiger partial charge in [0.05, 0.1) is 5.56 Å². The van der Waals surface area contributed by atoms with E-state index >= 15 is 0 Å². The molecule has 0 amide bonds. The van der Waals surface area contributed by atoms with Gasteiger partial charge in [-0.05, 0) is 57.3 Å². The molecule has 14 heavy (non-hydrogen) atoms. The second kappa shape index (κ2) is 3.69. The number of H-pyrrole nitrogens is 1. The van der Waals surface area contributed by atoms with Gasteiger partial charge in [0.15, 0.2) is 0 Å². The van der Waals surface area contributed by atoms with Gasteiger partial charge in [-0.25, -0.2) is 4.79 Å². The van der Waals surface area contributed by atoms with Crippen LogP contribution in [0.4, 0.5) is 0 Å². The van der Waals surface area contributed by atoms with Crippen LogP contribution in [0.5, 0.6) is 0 Å². The molecule has 0 bridgehead atoms. The lowest BCUT2D eigenvalue weighted by atomic mass is 10.2. The SMILES string of the molecule is O=C(O)c1c[nH]c2ccc(I)c(I)c12. The summed E-state index contributed by atoms with van der Waals surface area (Å²) in [6, 6.07) is 3.86. The van der Waals surface area contributed by atoms with Crippen molar-refractivity contribution in [3.63, 3.8) is 0 Å². The number of carboxylic acids is 1. The Kier molecular flexibility index (Phi) is 2.69. The van der Waals surface area contributed by atoms with Crippen LogP contribution in [0, 0.1) is 7.14 Å². The molecule has 2 N–H and O–H groups in total. The minimum atomic E-state index is -0.892. The van der Waals surface area contributed by atoms with E-state index in [4.69, 9.17) is 5.11 Å². The van der Waals surface area contributed by atoms with E-state index in [1.54, 1.807) is 0 Å². The Hall–Kier alpha value is -0.310. The molecule has 0 saturated heterocycles. The van der Waals surface area contributed by atoms with E-state index in [-0.39, 0.29) is 0 Å². The van der Waals surface area contributed by atoms with Crippen LogP contribution in [-0.4, -0.2) is 16.1 Å². The van der Waals surface area contributed by atoms with Crippen LogP contribution in [0.25, 0.3) is 10.9 Å². The highest BCUT2D eigenvalue weighted by Crippen LogP contribution is 2.27. The van der Waals surface area contributed by atoms with E-state index in [0.717, 1.165) is 18.0 Å². The van der Waals surface area contributed by atoms with Crippen molar-refractivity contribution in [1.82, 2.24) is 4.98 Å². The summed E-state index contributed by atoms with van der Waals surface area (Å²) in [5.74, 6) is -0.892. The number of hydrogen-bond donors (Lipinski definition) is 2. The van der Waals surface area contributed by atoms with E-state index in [1.807, 2.05) is 12.1 Å². The third-order valence-corrected chi connectivity index (χ3v) is 5.02. The van der Waals surface area contributed by atoms with Gasteiger partial charge in [0.1, 0.15) is 0 Å². The first kappa shape index (κ1) is 10.2. The second-order valence-electron chi connectivity index (χ2n) is 2.79. The summed E-state index contributed by atoms with van der Waals surface area (Å²) in [5, 5.41) is 9.76. The molecule has 1 aromatic heterocycles. The van der Waals surface area contributed by atoms with Gasteiger partial charge < -0.3 is 10.1 Å². The molecule has 0 aliphatic carbocycles. The summed E-state index contributed by atoms with van der Waals surface area (Å²) in [5.41, 5.74) is 1.20.